The summed E-state index contributed by atoms with van der Waals surface area (Å²) in [4.78, 5) is 23.7. The van der Waals surface area contributed by atoms with Crippen LogP contribution < -0.4 is 0 Å². The van der Waals surface area contributed by atoms with Gasteiger partial charge in [-0.05, 0) is 19.1 Å². The Kier molecular flexibility index (Phi) is 3.13. The minimum absolute atomic E-state index is 0.00491. The molecule has 3 rings (SSSR count). The third kappa shape index (κ3) is 2.05. The van der Waals surface area contributed by atoms with Gasteiger partial charge in [0.2, 0.25) is 0 Å². The summed E-state index contributed by atoms with van der Waals surface area (Å²) in [6.07, 6.45) is 0.0779. The fourth-order valence-corrected chi connectivity index (χ4v) is 3.05. The van der Waals surface area contributed by atoms with Crippen molar-refractivity contribution in [2.75, 3.05) is 6.61 Å². The first kappa shape index (κ1) is 13.6. The molecule has 2 N–H and O–H groups in total. The van der Waals surface area contributed by atoms with Crippen LogP contribution in [0.15, 0.2) is 23.3 Å². The summed E-state index contributed by atoms with van der Waals surface area (Å²) in [6.45, 7) is 1.91. The molecule has 4 atom stereocenters. The molecule has 0 saturated carbocycles. The number of aliphatic hydroxyl groups is 2. The Morgan fingerprint density at radius 2 is 2.00 bits per heavy atom. The van der Waals surface area contributed by atoms with Crippen LogP contribution >= 0.6 is 0 Å². The van der Waals surface area contributed by atoms with Gasteiger partial charge in [-0.1, -0.05) is 0 Å². The second-order valence-electron chi connectivity index (χ2n) is 5.48. The first-order valence-electron chi connectivity index (χ1n) is 6.58. The highest BCUT2D eigenvalue weighted by Crippen LogP contribution is 2.40. The molecule has 0 spiro atoms. The van der Waals surface area contributed by atoms with Crippen LogP contribution in [-0.4, -0.2) is 52.5 Å². The van der Waals surface area contributed by atoms with Gasteiger partial charge in [-0.15, -0.1) is 0 Å². The standard InChI is InChI=1S/C14H16O6/c1-7-19-6-12(20-7)14(18)4-8-9(15)2-3-10(16)13(8)11(17)5-14/h2-3,7,11-12,17-18H,4-6H2,1H3/t7-,11?,12+,14?/m0/s1. The molecular formula is C14H16O6. The lowest BCUT2D eigenvalue weighted by atomic mass is 9.72. The second-order valence-corrected chi connectivity index (χ2v) is 5.48. The Bertz CT molecular complexity index is 534. The molecule has 0 amide bonds. The highest BCUT2D eigenvalue weighted by Gasteiger charge is 2.49. The molecule has 1 fully saturated rings. The van der Waals surface area contributed by atoms with E-state index >= 15 is 0 Å². The number of ketones is 2. The van der Waals surface area contributed by atoms with Gasteiger partial charge in [0.25, 0.3) is 0 Å². The number of ether oxygens (including phenoxy) is 2. The van der Waals surface area contributed by atoms with Crippen LogP contribution in [0.1, 0.15) is 19.8 Å². The Hall–Kier alpha value is -1.34. The van der Waals surface area contributed by atoms with Gasteiger partial charge in [0.05, 0.1) is 12.7 Å². The van der Waals surface area contributed by atoms with E-state index in [1.807, 2.05) is 0 Å². The molecule has 2 unspecified atom stereocenters. The van der Waals surface area contributed by atoms with Crippen molar-refractivity contribution in [1.82, 2.24) is 0 Å². The Balaban J connectivity index is 1.93. The highest BCUT2D eigenvalue weighted by atomic mass is 16.7. The monoisotopic (exact) mass is 280 g/mol. The quantitative estimate of drug-likeness (QED) is 0.637. The summed E-state index contributed by atoms with van der Waals surface area (Å²) in [6, 6.07) is 0. The van der Waals surface area contributed by atoms with Crippen molar-refractivity contribution in [3.05, 3.63) is 23.3 Å². The summed E-state index contributed by atoms with van der Waals surface area (Å²) in [5.74, 6) is -0.713. The third-order valence-electron chi connectivity index (χ3n) is 4.07. The van der Waals surface area contributed by atoms with Gasteiger partial charge in [-0.2, -0.15) is 0 Å². The normalized spacial score (nSPS) is 41.2. The van der Waals surface area contributed by atoms with Crippen LogP contribution in [0.5, 0.6) is 0 Å². The number of rotatable bonds is 1. The van der Waals surface area contributed by atoms with Gasteiger partial charge < -0.3 is 19.7 Å². The van der Waals surface area contributed by atoms with Crippen LogP contribution in [0.3, 0.4) is 0 Å². The van der Waals surface area contributed by atoms with Crippen molar-refractivity contribution < 1.29 is 29.3 Å². The molecule has 3 aliphatic rings. The van der Waals surface area contributed by atoms with Crippen molar-refractivity contribution in [3.63, 3.8) is 0 Å². The van der Waals surface area contributed by atoms with Crippen LogP contribution in [0.2, 0.25) is 0 Å². The predicted molar refractivity (Wildman–Crippen MR) is 66.7 cm³/mol. The molecule has 1 aliphatic heterocycles. The summed E-state index contributed by atoms with van der Waals surface area (Å²) in [7, 11) is 0. The number of hydrogen-bond donors (Lipinski definition) is 2. The minimum atomic E-state index is -1.40. The molecule has 2 aliphatic carbocycles. The molecule has 0 aromatic rings. The van der Waals surface area contributed by atoms with Gasteiger partial charge in [-0.25, -0.2) is 0 Å². The van der Waals surface area contributed by atoms with Crippen LogP contribution in [-0.2, 0) is 19.1 Å². The second kappa shape index (κ2) is 4.60. The zero-order valence-corrected chi connectivity index (χ0v) is 11.0. The van der Waals surface area contributed by atoms with Crippen LogP contribution in [0.25, 0.3) is 0 Å². The SMILES string of the molecule is C[C@H]1OC[C@H](C2(O)CC3=C(C(=O)C=CC3=O)C(O)C2)O1. The maximum atomic E-state index is 11.9. The van der Waals surface area contributed by atoms with E-state index in [9.17, 15) is 19.8 Å². The van der Waals surface area contributed by atoms with E-state index in [1.165, 1.54) is 6.08 Å². The van der Waals surface area contributed by atoms with Crippen molar-refractivity contribution in [3.8, 4) is 0 Å². The van der Waals surface area contributed by atoms with E-state index in [4.69, 9.17) is 9.47 Å². The molecule has 6 heteroatoms. The molecule has 108 valence electrons. The number of carbonyl (C=O) groups excluding carboxylic acids is 2. The van der Waals surface area contributed by atoms with Crippen molar-refractivity contribution in [2.45, 2.75) is 43.9 Å². The predicted octanol–water partition coefficient (Wildman–Crippen LogP) is -0.362. The molecule has 0 aromatic heterocycles. The molecule has 0 bridgehead atoms. The topological polar surface area (TPSA) is 93.1 Å². The lowest BCUT2D eigenvalue weighted by Gasteiger charge is -2.40. The zero-order chi connectivity index (χ0) is 14.5. The summed E-state index contributed by atoms with van der Waals surface area (Å²) < 4.78 is 10.7. The van der Waals surface area contributed by atoms with E-state index in [0.29, 0.717) is 0 Å². The van der Waals surface area contributed by atoms with E-state index in [-0.39, 0.29) is 42.2 Å². The first-order valence-corrected chi connectivity index (χ1v) is 6.58. The summed E-state index contributed by atoms with van der Waals surface area (Å²) in [5.41, 5.74) is -1.11. The van der Waals surface area contributed by atoms with Crippen LogP contribution in [0.4, 0.5) is 0 Å². The minimum Gasteiger partial charge on any atom is -0.388 e. The Labute approximate surface area is 115 Å². The van der Waals surface area contributed by atoms with E-state index < -0.39 is 24.1 Å². The lowest BCUT2D eigenvalue weighted by Crippen LogP contribution is -2.51. The number of hydrogen-bond acceptors (Lipinski definition) is 6. The molecular weight excluding hydrogens is 264 g/mol. The molecule has 0 aromatic carbocycles. The van der Waals surface area contributed by atoms with Crippen molar-refractivity contribution in [2.24, 2.45) is 0 Å². The molecule has 0 radical (unpaired) electrons. The molecule has 1 saturated heterocycles. The number of allylic oxidation sites excluding steroid dienone is 2. The van der Waals surface area contributed by atoms with Crippen molar-refractivity contribution in [1.29, 1.82) is 0 Å². The van der Waals surface area contributed by atoms with Gasteiger partial charge in [0.1, 0.15) is 11.7 Å². The average molecular weight is 280 g/mol. The molecule has 6 nitrogen and oxygen atoms in total. The van der Waals surface area contributed by atoms with Gasteiger partial charge >= 0.3 is 0 Å². The fraction of sp³-hybridized carbons (Fsp3) is 0.571. The largest absolute Gasteiger partial charge is 0.388 e. The summed E-state index contributed by atoms with van der Waals surface area (Å²) >= 11 is 0. The Morgan fingerprint density at radius 3 is 2.65 bits per heavy atom. The molecule has 1 heterocycles. The van der Waals surface area contributed by atoms with E-state index in [2.05, 4.69) is 0 Å². The van der Waals surface area contributed by atoms with E-state index in [0.717, 1.165) is 6.08 Å². The maximum absolute atomic E-state index is 11.9. The smallest absolute Gasteiger partial charge is 0.184 e. The molecule has 20 heavy (non-hydrogen) atoms. The maximum Gasteiger partial charge on any atom is 0.184 e. The van der Waals surface area contributed by atoms with E-state index in [1.54, 1.807) is 6.92 Å². The number of aliphatic hydroxyl groups excluding tert-OH is 1. The summed E-state index contributed by atoms with van der Waals surface area (Å²) in [5, 5.41) is 20.8. The average Bonchev–Trinajstić information content (AvgIpc) is 2.81. The van der Waals surface area contributed by atoms with Gasteiger partial charge in [0.15, 0.2) is 17.9 Å². The van der Waals surface area contributed by atoms with Crippen LogP contribution in [0, 0.1) is 0 Å². The number of carbonyl (C=O) groups is 2. The van der Waals surface area contributed by atoms with Gasteiger partial charge in [-0.3, -0.25) is 9.59 Å². The zero-order valence-electron chi connectivity index (χ0n) is 11.0. The highest BCUT2D eigenvalue weighted by molar-refractivity contribution is 6.20. The fourth-order valence-electron chi connectivity index (χ4n) is 3.05. The van der Waals surface area contributed by atoms with Crippen molar-refractivity contribution >= 4 is 11.6 Å². The Morgan fingerprint density at radius 1 is 1.30 bits per heavy atom. The third-order valence-corrected chi connectivity index (χ3v) is 4.07. The lowest BCUT2D eigenvalue weighted by molar-refractivity contribution is -0.134. The first-order chi connectivity index (χ1) is 9.40. The van der Waals surface area contributed by atoms with Gasteiger partial charge in [0, 0.05) is 24.0 Å².